The third kappa shape index (κ3) is 4.53. The van der Waals surface area contributed by atoms with Gasteiger partial charge in [0.15, 0.2) is 0 Å². The molecule has 0 aromatic carbocycles. The van der Waals surface area contributed by atoms with Crippen molar-refractivity contribution in [1.82, 2.24) is 4.98 Å². The maximum atomic E-state index is 5.51. The SMILES string of the molecule is COC(C)(C)CCSc1ccc(N)nc1. The maximum absolute atomic E-state index is 5.51. The number of methoxy groups -OCH3 is 1. The second-order valence-corrected chi connectivity index (χ2v) is 5.15. The fourth-order valence-electron chi connectivity index (χ4n) is 0.994. The van der Waals surface area contributed by atoms with Crippen LogP contribution in [-0.4, -0.2) is 23.4 Å². The molecule has 0 amide bonds. The van der Waals surface area contributed by atoms with E-state index in [-0.39, 0.29) is 5.60 Å². The number of pyridine rings is 1. The number of nitrogens with two attached hydrogens (primary N) is 1. The summed E-state index contributed by atoms with van der Waals surface area (Å²) in [6.07, 6.45) is 2.82. The minimum absolute atomic E-state index is 0.0474. The number of hydrogen-bond donors (Lipinski definition) is 1. The third-order valence-electron chi connectivity index (χ3n) is 2.28. The van der Waals surface area contributed by atoms with Gasteiger partial charge in [-0.2, -0.15) is 0 Å². The summed E-state index contributed by atoms with van der Waals surface area (Å²) in [6.45, 7) is 4.18. The van der Waals surface area contributed by atoms with Crippen molar-refractivity contribution in [3.8, 4) is 0 Å². The lowest BCUT2D eigenvalue weighted by atomic mass is 10.1. The molecular weight excluding hydrogens is 208 g/mol. The molecule has 0 saturated heterocycles. The van der Waals surface area contributed by atoms with E-state index < -0.39 is 0 Å². The first-order valence-electron chi connectivity index (χ1n) is 4.93. The monoisotopic (exact) mass is 226 g/mol. The van der Waals surface area contributed by atoms with Gasteiger partial charge in [0.1, 0.15) is 5.82 Å². The molecule has 0 spiro atoms. The Balaban J connectivity index is 2.35. The number of thioether (sulfide) groups is 1. The van der Waals surface area contributed by atoms with Crippen LogP contribution < -0.4 is 5.73 Å². The summed E-state index contributed by atoms with van der Waals surface area (Å²) in [5, 5.41) is 0. The van der Waals surface area contributed by atoms with Crippen molar-refractivity contribution in [3.63, 3.8) is 0 Å². The minimum Gasteiger partial charge on any atom is -0.384 e. The average Bonchev–Trinajstić information content (AvgIpc) is 2.21. The summed E-state index contributed by atoms with van der Waals surface area (Å²) >= 11 is 1.77. The zero-order valence-electron chi connectivity index (χ0n) is 9.49. The second-order valence-electron chi connectivity index (χ2n) is 3.98. The summed E-state index contributed by atoms with van der Waals surface area (Å²) in [5.41, 5.74) is 5.46. The Morgan fingerprint density at radius 1 is 1.47 bits per heavy atom. The fourth-order valence-corrected chi connectivity index (χ4v) is 2.11. The van der Waals surface area contributed by atoms with Crippen LogP contribution >= 0.6 is 11.8 Å². The molecule has 1 heterocycles. The van der Waals surface area contributed by atoms with Crippen molar-refractivity contribution in [2.45, 2.75) is 30.8 Å². The number of ether oxygens (including phenoxy) is 1. The van der Waals surface area contributed by atoms with E-state index in [1.807, 2.05) is 12.1 Å². The van der Waals surface area contributed by atoms with Gasteiger partial charge in [-0.25, -0.2) is 4.98 Å². The van der Waals surface area contributed by atoms with Gasteiger partial charge < -0.3 is 10.5 Å². The second kappa shape index (κ2) is 5.37. The summed E-state index contributed by atoms with van der Waals surface area (Å²) in [7, 11) is 1.75. The van der Waals surface area contributed by atoms with Crippen molar-refractivity contribution in [2.24, 2.45) is 0 Å². The summed E-state index contributed by atoms with van der Waals surface area (Å²) in [4.78, 5) is 5.19. The average molecular weight is 226 g/mol. The maximum Gasteiger partial charge on any atom is 0.123 e. The molecule has 1 aromatic heterocycles. The first-order chi connectivity index (χ1) is 7.03. The van der Waals surface area contributed by atoms with Crippen LogP contribution in [0.15, 0.2) is 23.2 Å². The van der Waals surface area contributed by atoms with E-state index in [1.54, 1.807) is 25.1 Å². The molecule has 0 bridgehead atoms. The quantitative estimate of drug-likeness (QED) is 0.784. The highest BCUT2D eigenvalue weighted by molar-refractivity contribution is 7.99. The lowest BCUT2D eigenvalue weighted by Gasteiger charge is -2.22. The number of hydrogen-bond acceptors (Lipinski definition) is 4. The normalized spacial score (nSPS) is 11.7. The molecule has 0 aliphatic carbocycles. The number of nitrogen functional groups attached to an aromatic ring is 1. The Bertz CT molecular complexity index is 298. The Morgan fingerprint density at radius 2 is 2.20 bits per heavy atom. The van der Waals surface area contributed by atoms with Gasteiger partial charge >= 0.3 is 0 Å². The predicted octanol–water partition coefficient (Wildman–Crippen LogP) is 2.57. The summed E-state index contributed by atoms with van der Waals surface area (Å²) in [6, 6.07) is 3.82. The molecule has 4 heteroatoms. The molecule has 84 valence electrons. The van der Waals surface area contributed by atoms with Crippen molar-refractivity contribution < 1.29 is 4.74 Å². The topological polar surface area (TPSA) is 48.1 Å². The molecule has 0 unspecified atom stereocenters. The van der Waals surface area contributed by atoms with Crippen molar-refractivity contribution in [2.75, 3.05) is 18.6 Å². The Kier molecular flexibility index (Phi) is 4.42. The number of anilines is 1. The van der Waals surface area contributed by atoms with Crippen molar-refractivity contribution in [1.29, 1.82) is 0 Å². The molecule has 1 rings (SSSR count). The van der Waals surface area contributed by atoms with Gasteiger partial charge in [-0.3, -0.25) is 0 Å². The highest BCUT2D eigenvalue weighted by atomic mass is 32.2. The van der Waals surface area contributed by atoms with E-state index in [9.17, 15) is 0 Å². The van der Waals surface area contributed by atoms with Crippen LogP contribution in [0.2, 0.25) is 0 Å². The van der Waals surface area contributed by atoms with Gasteiger partial charge in [0.25, 0.3) is 0 Å². The zero-order chi connectivity index (χ0) is 11.3. The van der Waals surface area contributed by atoms with Crippen molar-refractivity contribution >= 4 is 17.6 Å². The van der Waals surface area contributed by atoms with Gasteiger partial charge in [-0.1, -0.05) is 0 Å². The summed E-state index contributed by atoms with van der Waals surface area (Å²) in [5.74, 6) is 1.59. The van der Waals surface area contributed by atoms with Crippen LogP contribution in [0.4, 0.5) is 5.82 Å². The Labute approximate surface area is 95.4 Å². The predicted molar refractivity (Wildman–Crippen MR) is 65.1 cm³/mol. The van der Waals surface area contributed by atoms with Gasteiger partial charge in [0, 0.05) is 24.0 Å². The van der Waals surface area contributed by atoms with Crippen LogP contribution in [0.5, 0.6) is 0 Å². The van der Waals surface area contributed by atoms with Gasteiger partial charge in [-0.15, -0.1) is 11.8 Å². The van der Waals surface area contributed by atoms with Crippen LogP contribution in [0, 0.1) is 0 Å². The summed E-state index contributed by atoms with van der Waals surface area (Å²) < 4.78 is 5.35. The van der Waals surface area contributed by atoms with Crippen LogP contribution in [-0.2, 0) is 4.74 Å². The number of nitrogens with zero attached hydrogens (tertiary/aromatic N) is 1. The van der Waals surface area contributed by atoms with Crippen LogP contribution in [0.1, 0.15) is 20.3 Å². The lowest BCUT2D eigenvalue weighted by molar-refractivity contribution is 0.0207. The zero-order valence-corrected chi connectivity index (χ0v) is 10.3. The van der Waals surface area contributed by atoms with Crippen molar-refractivity contribution in [3.05, 3.63) is 18.3 Å². The van der Waals surface area contributed by atoms with Crippen LogP contribution in [0.25, 0.3) is 0 Å². The highest BCUT2D eigenvalue weighted by Crippen LogP contribution is 2.22. The molecule has 1 aromatic rings. The van der Waals surface area contributed by atoms with E-state index in [4.69, 9.17) is 10.5 Å². The molecule has 0 radical (unpaired) electrons. The first-order valence-corrected chi connectivity index (χ1v) is 5.91. The standard InChI is InChI=1S/C11H18N2OS/c1-11(2,14-3)6-7-15-9-4-5-10(12)13-8-9/h4-5,8H,6-7H2,1-3H3,(H2,12,13). The van der Waals surface area contributed by atoms with E-state index in [0.29, 0.717) is 5.82 Å². The highest BCUT2D eigenvalue weighted by Gasteiger charge is 2.15. The molecule has 0 aliphatic rings. The van der Waals surface area contributed by atoms with Gasteiger partial charge in [0.05, 0.1) is 5.60 Å². The largest absolute Gasteiger partial charge is 0.384 e. The number of aromatic nitrogens is 1. The first kappa shape index (κ1) is 12.3. The molecule has 3 nitrogen and oxygen atoms in total. The van der Waals surface area contributed by atoms with E-state index in [1.165, 1.54) is 0 Å². The van der Waals surface area contributed by atoms with E-state index in [2.05, 4.69) is 18.8 Å². The fraction of sp³-hybridized carbons (Fsp3) is 0.545. The molecule has 0 saturated carbocycles. The van der Waals surface area contributed by atoms with Gasteiger partial charge in [0.2, 0.25) is 0 Å². The lowest BCUT2D eigenvalue weighted by Crippen LogP contribution is -2.22. The van der Waals surface area contributed by atoms with Gasteiger partial charge in [-0.05, 0) is 32.4 Å². The van der Waals surface area contributed by atoms with Crippen LogP contribution in [0.3, 0.4) is 0 Å². The number of rotatable bonds is 5. The molecule has 0 atom stereocenters. The Hall–Kier alpha value is -0.740. The smallest absolute Gasteiger partial charge is 0.123 e. The Morgan fingerprint density at radius 3 is 2.73 bits per heavy atom. The molecule has 0 aliphatic heterocycles. The van der Waals surface area contributed by atoms with E-state index in [0.717, 1.165) is 17.1 Å². The molecule has 2 N–H and O–H groups in total. The third-order valence-corrected chi connectivity index (χ3v) is 3.27. The van der Waals surface area contributed by atoms with E-state index >= 15 is 0 Å². The molecule has 15 heavy (non-hydrogen) atoms. The molecule has 0 fully saturated rings. The molecular formula is C11H18N2OS. The minimum atomic E-state index is -0.0474.